The van der Waals surface area contributed by atoms with Gasteiger partial charge in [-0.2, -0.15) is 0 Å². The summed E-state index contributed by atoms with van der Waals surface area (Å²) in [6.45, 7) is 8.89. The van der Waals surface area contributed by atoms with Gasteiger partial charge in [-0.1, -0.05) is 101 Å². The molecule has 1 spiro atoms. The summed E-state index contributed by atoms with van der Waals surface area (Å²) in [5.74, 6) is 1.05. The molecule has 2 saturated heterocycles. The summed E-state index contributed by atoms with van der Waals surface area (Å²) in [5, 5.41) is 5.46. The number of nitrogens with one attached hydrogen (secondary N) is 4. The van der Waals surface area contributed by atoms with E-state index in [4.69, 9.17) is 19.4 Å². The number of aromatic nitrogens is 4. The maximum absolute atomic E-state index is 13.7. The second-order valence-corrected chi connectivity index (χ2v) is 19.6. The van der Waals surface area contributed by atoms with E-state index < -0.39 is 24.3 Å². The van der Waals surface area contributed by atoms with Crippen LogP contribution >= 0.6 is 0 Å². The van der Waals surface area contributed by atoms with Crippen LogP contribution in [0.5, 0.6) is 0 Å². The molecule has 4 amide bonds. The van der Waals surface area contributed by atoms with Gasteiger partial charge in [0.15, 0.2) is 0 Å². The van der Waals surface area contributed by atoms with Crippen LogP contribution in [0.2, 0.25) is 0 Å². The van der Waals surface area contributed by atoms with Crippen molar-refractivity contribution in [3.63, 3.8) is 0 Å². The lowest BCUT2D eigenvalue weighted by Crippen LogP contribution is -2.51. The van der Waals surface area contributed by atoms with Crippen molar-refractivity contribution in [2.75, 3.05) is 27.3 Å². The Morgan fingerprint density at radius 3 is 1.76 bits per heavy atom. The highest BCUT2D eigenvalue weighted by Gasteiger charge is 2.44. The number of fused-ring (bicyclic) bond motifs is 2. The topological polar surface area (TPSA) is 175 Å². The Kier molecular flexibility index (Phi) is 13.0. The predicted molar refractivity (Wildman–Crippen MR) is 257 cm³/mol. The standard InChI is InChI=1S/C53H64N8O6/c1-31(2)45(58-51(64)66-5)49(62)60-27-9-11-42(60)47-54-29-40(56-47)35-17-13-33(14-18-35)37-21-22-38(44-39(37)23-26-53(44)24-7-8-25-53)34-15-19-36(20-16-34)41-30-55-48(57-41)43-12-10-28-61(43)50(63)46(32(3)4)59-52(65)67-6/h13-22,29-32,42-43,45-46H,7-12,23-28H2,1-6H3,(H,54,56)(H,55,57)(H,58,64)(H,59,65)/t42-,43?,45-,46-/m0/s1. The second kappa shape index (κ2) is 19.0. The molecule has 0 bridgehead atoms. The number of carbonyl (C=O) groups is 4. The molecule has 5 aromatic rings. The first-order chi connectivity index (χ1) is 32.4. The molecule has 2 aromatic heterocycles. The first-order valence-corrected chi connectivity index (χ1v) is 24.2. The Morgan fingerprint density at radius 1 is 0.672 bits per heavy atom. The van der Waals surface area contributed by atoms with Crippen LogP contribution < -0.4 is 10.6 Å². The number of methoxy groups -OCH3 is 2. The van der Waals surface area contributed by atoms with Crippen LogP contribution in [-0.2, 0) is 30.9 Å². The number of hydrogen-bond donors (Lipinski definition) is 4. The predicted octanol–water partition coefficient (Wildman–Crippen LogP) is 9.65. The van der Waals surface area contributed by atoms with E-state index in [-0.39, 0.29) is 41.1 Å². The van der Waals surface area contributed by atoms with Gasteiger partial charge in [-0.3, -0.25) is 9.59 Å². The van der Waals surface area contributed by atoms with Crippen LogP contribution in [0.15, 0.2) is 73.1 Å². The van der Waals surface area contributed by atoms with E-state index in [1.54, 1.807) is 0 Å². The molecule has 0 radical (unpaired) electrons. The average Bonchev–Trinajstić information content (AvgIpc) is 4.21. The fourth-order valence-corrected chi connectivity index (χ4v) is 11.4. The highest BCUT2D eigenvalue weighted by atomic mass is 16.5. The van der Waals surface area contributed by atoms with Gasteiger partial charge in [0.1, 0.15) is 23.7 Å². The summed E-state index contributed by atoms with van der Waals surface area (Å²) in [5.41, 5.74) is 11.9. The van der Waals surface area contributed by atoms with E-state index in [9.17, 15) is 19.2 Å². The third-order valence-corrected chi connectivity index (χ3v) is 14.9. The van der Waals surface area contributed by atoms with Gasteiger partial charge in [0.25, 0.3) is 0 Å². The number of aromatic amines is 2. The first kappa shape index (κ1) is 45.7. The summed E-state index contributed by atoms with van der Waals surface area (Å²) in [6, 6.07) is 20.4. The number of H-pyrrole nitrogens is 2. The van der Waals surface area contributed by atoms with E-state index >= 15 is 0 Å². The number of ether oxygens (including phenoxy) is 2. The monoisotopic (exact) mass is 908 g/mol. The number of rotatable bonds is 12. The Hall–Kier alpha value is -6.44. The van der Waals surface area contributed by atoms with Crippen LogP contribution in [0.1, 0.15) is 120 Å². The quantitative estimate of drug-likeness (QED) is 0.0958. The maximum Gasteiger partial charge on any atom is 0.407 e. The molecule has 4 aliphatic rings. The molecular formula is C53H64N8O6. The van der Waals surface area contributed by atoms with Crippen LogP contribution in [0.3, 0.4) is 0 Å². The van der Waals surface area contributed by atoms with E-state index in [0.29, 0.717) is 13.1 Å². The van der Waals surface area contributed by atoms with Gasteiger partial charge in [-0.25, -0.2) is 19.6 Å². The zero-order valence-electron chi connectivity index (χ0n) is 39.6. The smallest absolute Gasteiger partial charge is 0.407 e. The fourth-order valence-electron chi connectivity index (χ4n) is 11.4. The highest BCUT2D eigenvalue weighted by molar-refractivity contribution is 5.87. The van der Waals surface area contributed by atoms with Crippen molar-refractivity contribution < 1.29 is 28.7 Å². The summed E-state index contributed by atoms with van der Waals surface area (Å²) < 4.78 is 9.61. The van der Waals surface area contributed by atoms with Gasteiger partial charge in [-0.15, -0.1) is 0 Å². The summed E-state index contributed by atoms with van der Waals surface area (Å²) in [6.07, 6.45) is 13.0. The van der Waals surface area contributed by atoms with Crippen molar-refractivity contribution in [2.24, 2.45) is 11.8 Å². The van der Waals surface area contributed by atoms with Gasteiger partial charge in [0.2, 0.25) is 11.8 Å². The second-order valence-electron chi connectivity index (χ2n) is 19.6. The molecule has 2 aliphatic heterocycles. The molecule has 352 valence electrons. The minimum Gasteiger partial charge on any atom is -0.453 e. The first-order valence-electron chi connectivity index (χ1n) is 24.2. The molecule has 14 heteroatoms. The molecule has 14 nitrogen and oxygen atoms in total. The van der Waals surface area contributed by atoms with Crippen molar-refractivity contribution in [3.8, 4) is 44.8 Å². The lowest BCUT2D eigenvalue weighted by Gasteiger charge is -2.30. The van der Waals surface area contributed by atoms with Gasteiger partial charge in [0.05, 0.1) is 43.9 Å². The van der Waals surface area contributed by atoms with Crippen LogP contribution in [0.4, 0.5) is 9.59 Å². The Balaban J connectivity index is 0.933. The number of alkyl carbamates (subject to hydrolysis) is 2. The van der Waals surface area contributed by atoms with Gasteiger partial charge < -0.3 is 39.9 Å². The number of imidazole rings is 2. The molecule has 4 atom stereocenters. The molecule has 67 heavy (non-hydrogen) atoms. The van der Waals surface area contributed by atoms with Crippen LogP contribution in [0, 0.1) is 11.8 Å². The van der Waals surface area contributed by atoms with Gasteiger partial charge >= 0.3 is 12.2 Å². The molecular weight excluding hydrogens is 845 g/mol. The maximum atomic E-state index is 13.7. The van der Waals surface area contributed by atoms with Gasteiger partial charge in [0, 0.05) is 24.8 Å². The number of benzene rings is 3. The van der Waals surface area contributed by atoms with E-state index in [0.717, 1.165) is 66.3 Å². The van der Waals surface area contributed by atoms with Crippen molar-refractivity contribution in [1.82, 2.24) is 40.4 Å². The van der Waals surface area contributed by atoms with Crippen molar-refractivity contribution in [3.05, 3.63) is 95.8 Å². The van der Waals surface area contributed by atoms with Crippen molar-refractivity contribution in [1.29, 1.82) is 0 Å². The number of hydrogen-bond acceptors (Lipinski definition) is 8. The summed E-state index contributed by atoms with van der Waals surface area (Å²) in [4.78, 5) is 71.9. The number of likely N-dealkylation sites (tertiary alicyclic amines) is 2. The fraction of sp³-hybridized carbons (Fsp3) is 0.472. The minimum absolute atomic E-state index is 0.102. The molecule has 3 aromatic carbocycles. The van der Waals surface area contributed by atoms with Gasteiger partial charge in [-0.05, 0) is 108 Å². The lowest BCUT2D eigenvalue weighted by molar-refractivity contribution is -0.136. The number of nitrogens with zero attached hydrogens (tertiary/aromatic N) is 4. The van der Waals surface area contributed by atoms with E-state index in [1.807, 2.05) is 49.9 Å². The molecule has 3 fully saturated rings. The highest BCUT2D eigenvalue weighted by Crippen LogP contribution is 2.55. The Bertz CT molecular complexity index is 2610. The molecule has 4 N–H and O–H groups in total. The van der Waals surface area contributed by atoms with Crippen LogP contribution in [0.25, 0.3) is 44.8 Å². The SMILES string of the molecule is COC(=O)N[C@H](C(=O)N1CCCC1c1ncc(-c2ccc(-c3ccc(-c4ccc(-c5c[nH]c([C@@H]6CCCN6C(=O)[C@@H](NC(=O)OC)C(C)C)n5)cc4)c4c3C3(CCCC3)CC4)cc2)[nH]1)C(C)C. The molecule has 1 saturated carbocycles. The summed E-state index contributed by atoms with van der Waals surface area (Å²) >= 11 is 0. The normalized spacial score (nSPS) is 19.5. The van der Waals surface area contributed by atoms with E-state index in [1.165, 1.54) is 79.7 Å². The Morgan fingerprint density at radius 2 is 1.19 bits per heavy atom. The molecule has 9 rings (SSSR count). The third kappa shape index (κ3) is 8.82. The van der Waals surface area contributed by atoms with Crippen molar-refractivity contribution >= 4 is 24.0 Å². The summed E-state index contributed by atoms with van der Waals surface area (Å²) in [7, 11) is 2.61. The zero-order chi connectivity index (χ0) is 47.0. The van der Waals surface area contributed by atoms with Crippen molar-refractivity contribution in [2.45, 2.75) is 121 Å². The number of carbonyl (C=O) groups excluding carboxylic acids is 4. The van der Waals surface area contributed by atoms with Crippen LogP contribution in [-0.4, -0.2) is 93.1 Å². The number of amides is 4. The minimum atomic E-state index is -0.684. The Labute approximate surface area is 393 Å². The third-order valence-electron chi connectivity index (χ3n) is 14.9. The zero-order valence-corrected chi connectivity index (χ0v) is 39.6. The molecule has 2 aliphatic carbocycles. The largest absolute Gasteiger partial charge is 0.453 e. The lowest BCUT2D eigenvalue weighted by atomic mass is 9.76. The molecule has 1 unspecified atom stereocenters. The molecule has 4 heterocycles. The average molecular weight is 909 g/mol. The van der Waals surface area contributed by atoms with E-state index in [2.05, 4.69) is 81.3 Å².